The Morgan fingerprint density at radius 2 is 2.39 bits per heavy atom. The van der Waals surface area contributed by atoms with E-state index < -0.39 is 11.9 Å². The van der Waals surface area contributed by atoms with Gasteiger partial charge in [-0.1, -0.05) is 0 Å². The highest BCUT2D eigenvalue weighted by atomic mass is 19.1. The summed E-state index contributed by atoms with van der Waals surface area (Å²) in [7, 11) is 1.34. The van der Waals surface area contributed by atoms with Crippen LogP contribution in [0.3, 0.4) is 0 Å². The largest absolute Gasteiger partial charge is 0.479 e. The molecular formula is C11H16FN3O3. The van der Waals surface area contributed by atoms with Crippen molar-refractivity contribution in [2.75, 3.05) is 31.7 Å². The molecule has 2 heterocycles. The Balaban J connectivity index is 2.13. The number of hydrogen-bond acceptors (Lipinski definition) is 6. The molecule has 0 spiro atoms. The molecule has 0 aliphatic carbocycles. The van der Waals surface area contributed by atoms with Crippen LogP contribution in [0.5, 0.6) is 5.88 Å². The molecular weight excluding hydrogens is 241 g/mol. The van der Waals surface area contributed by atoms with E-state index >= 15 is 0 Å². The van der Waals surface area contributed by atoms with Crippen LogP contribution in [0.4, 0.5) is 10.3 Å². The summed E-state index contributed by atoms with van der Waals surface area (Å²) in [5.41, 5.74) is 0. The third-order valence-electron chi connectivity index (χ3n) is 3.13. The van der Waals surface area contributed by atoms with E-state index in [1.165, 1.54) is 7.11 Å². The Bertz CT molecular complexity index is 419. The summed E-state index contributed by atoms with van der Waals surface area (Å²) >= 11 is 0. The molecule has 1 aromatic rings. The van der Waals surface area contributed by atoms with Gasteiger partial charge in [0.15, 0.2) is 0 Å². The van der Waals surface area contributed by atoms with Crippen LogP contribution in [-0.4, -0.2) is 53.1 Å². The molecule has 0 radical (unpaired) electrons. The van der Waals surface area contributed by atoms with Crippen molar-refractivity contribution in [1.29, 1.82) is 0 Å². The maximum absolute atomic E-state index is 13.2. The first-order valence-corrected chi connectivity index (χ1v) is 5.76. The molecule has 18 heavy (non-hydrogen) atoms. The van der Waals surface area contributed by atoms with Crippen molar-refractivity contribution in [2.45, 2.75) is 12.5 Å². The molecule has 1 fully saturated rings. The van der Waals surface area contributed by atoms with Crippen molar-refractivity contribution < 1.29 is 19.3 Å². The van der Waals surface area contributed by atoms with Gasteiger partial charge in [-0.05, 0) is 6.42 Å². The van der Waals surface area contributed by atoms with Gasteiger partial charge in [0.2, 0.25) is 11.8 Å². The van der Waals surface area contributed by atoms with Gasteiger partial charge in [0.05, 0.1) is 19.4 Å². The van der Waals surface area contributed by atoms with Gasteiger partial charge in [-0.25, -0.2) is 4.98 Å². The number of anilines is 1. The SMILES string of the molecule is COc1nc(N2CC[C@H](CO)[C@H](O)C2)ncc1F. The number of β-amino-alcohol motifs (C(OH)–C–C–N with tert-alkyl or cyclic N) is 1. The van der Waals surface area contributed by atoms with Crippen LogP contribution in [0.15, 0.2) is 6.20 Å². The highest BCUT2D eigenvalue weighted by Gasteiger charge is 2.28. The molecule has 1 aromatic heterocycles. The summed E-state index contributed by atoms with van der Waals surface area (Å²) in [4.78, 5) is 9.57. The van der Waals surface area contributed by atoms with E-state index in [4.69, 9.17) is 9.84 Å². The lowest BCUT2D eigenvalue weighted by atomic mass is 9.95. The molecule has 0 bridgehead atoms. The van der Waals surface area contributed by atoms with E-state index in [1.807, 2.05) is 0 Å². The molecule has 1 aliphatic rings. The average Bonchev–Trinajstić information content (AvgIpc) is 2.39. The lowest BCUT2D eigenvalue weighted by molar-refractivity contribution is 0.0543. The van der Waals surface area contributed by atoms with Crippen molar-refractivity contribution in [3.63, 3.8) is 0 Å². The second kappa shape index (κ2) is 5.45. The second-order valence-corrected chi connectivity index (χ2v) is 4.27. The number of hydrogen-bond donors (Lipinski definition) is 2. The van der Waals surface area contributed by atoms with Crippen LogP contribution in [0.2, 0.25) is 0 Å². The van der Waals surface area contributed by atoms with Gasteiger partial charge in [0.25, 0.3) is 5.88 Å². The number of ether oxygens (including phenoxy) is 1. The normalized spacial score (nSPS) is 24.1. The summed E-state index contributed by atoms with van der Waals surface area (Å²) in [6, 6.07) is 0. The van der Waals surface area contributed by atoms with Crippen molar-refractivity contribution in [3.8, 4) is 5.88 Å². The first-order valence-electron chi connectivity index (χ1n) is 5.76. The second-order valence-electron chi connectivity index (χ2n) is 4.27. The van der Waals surface area contributed by atoms with Gasteiger partial charge < -0.3 is 19.8 Å². The minimum Gasteiger partial charge on any atom is -0.479 e. The average molecular weight is 257 g/mol. The Morgan fingerprint density at radius 1 is 1.61 bits per heavy atom. The van der Waals surface area contributed by atoms with Gasteiger partial charge in [0.1, 0.15) is 0 Å². The molecule has 1 aliphatic heterocycles. The van der Waals surface area contributed by atoms with E-state index in [9.17, 15) is 9.50 Å². The van der Waals surface area contributed by atoms with E-state index in [0.717, 1.165) is 6.20 Å². The number of halogens is 1. The van der Waals surface area contributed by atoms with Gasteiger partial charge in [-0.2, -0.15) is 9.37 Å². The predicted octanol–water partition coefficient (Wildman–Crippen LogP) is -0.196. The van der Waals surface area contributed by atoms with Crippen molar-refractivity contribution in [3.05, 3.63) is 12.0 Å². The third-order valence-corrected chi connectivity index (χ3v) is 3.13. The van der Waals surface area contributed by atoms with Gasteiger partial charge in [-0.15, -0.1) is 0 Å². The number of nitrogens with zero attached hydrogens (tertiary/aromatic N) is 3. The number of aliphatic hydroxyl groups excluding tert-OH is 2. The molecule has 0 amide bonds. The number of rotatable bonds is 3. The molecule has 7 heteroatoms. The Hall–Kier alpha value is -1.47. The molecule has 2 N–H and O–H groups in total. The van der Waals surface area contributed by atoms with Crippen molar-refractivity contribution in [2.24, 2.45) is 5.92 Å². The molecule has 1 saturated heterocycles. The smallest absolute Gasteiger partial charge is 0.255 e. The van der Waals surface area contributed by atoms with Crippen LogP contribution < -0.4 is 9.64 Å². The van der Waals surface area contributed by atoms with Crippen LogP contribution in [0.25, 0.3) is 0 Å². The summed E-state index contributed by atoms with van der Waals surface area (Å²) < 4.78 is 18.0. The zero-order valence-corrected chi connectivity index (χ0v) is 10.1. The highest BCUT2D eigenvalue weighted by Crippen LogP contribution is 2.22. The zero-order valence-electron chi connectivity index (χ0n) is 10.1. The molecule has 0 saturated carbocycles. The lowest BCUT2D eigenvalue weighted by Gasteiger charge is -2.35. The molecule has 0 unspecified atom stereocenters. The van der Waals surface area contributed by atoms with Crippen molar-refractivity contribution >= 4 is 5.95 Å². The lowest BCUT2D eigenvalue weighted by Crippen LogP contribution is -2.45. The predicted molar refractivity (Wildman–Crippen MR) is 62.0 cm³/mol. The van der Waals surface area contributed by atoms with E-state index in [0.29, 0.717) is 25.5 Å². The van der Waals surface area contributed by atoms with E-state index in [1.54, 1.807) is 4.90 Å². The Morgan fingerprint density at radius 3 is 3.00 bits per heavy atom. The first kappa shape index (κ1) is 13.0. The fraction of sp³-hybridized carbons (Fsp3) is 0.636. The number of methoxy groups -OCH3 is 1. The number of aromatic nitrogens is 2. The molecule has 100 valence electrons. The monoisotopic (exact) mass is 257 g/mol. The number of piperidine rings is 1. The van der Waals surface area contributed by atoms with Crippen LogP contribution in [-0.2, 0) is 0 Å². The standard InChI is InChI=1S/C11H16FN3O3/c1-18-10-8(12)4-13-11(14-10)15-3-2-7(6-16)9(17)5-15/h4,7,9,16-17H,2-3,5-6H2,1H3/t7-,9-/m1/s1. The van der Waals surface area contributed by atoms with Crippen LogP contribution in [0, 0.1) is 11.7 Å². The highest BCUT2D eigenvalue weighted by molar-refractivity contribution is 5.33. The minimum absolute atomic E-state index is 0.0391. The molecule has 2 rings (SSSR count). The first-order chi connectivity index (χ1) is 8.65. The summed E-state index contributed by atoms with van der Waals surface area (Å²) in [5.74, 6) is -0.530. The van der Waals surface area contributed by atoms with Crippen molar-refractivity contribution in [1.82, 2.24) is 9.97 Å². The zero-order chi connectivity index (χ0) is 13.1. The quantitative estimate of drug-likeness (QED) is 0.781. The number of aliphatic hydroxyl groups is 2. The van der Waals surface area contributed by atoms with E-state index in [2.05, 4.69) is 9.97 Å². The summed E-state index contributed by atoms with van der Waals surface area (Å²) in [5, 5.41) is 18.9. The third kappa shape index (κ3) is 2.51. The summed E-state index contributed by atoms with van der Waals surface area (Å²) in [6.45, 7) is 0.889. The summed E-state index contributed by atoms with van der Waals surface area (Å²) in [6.07, 6.45) is 1.05. The van der Waals surface area contributed by atoms with Crippen LogP contribution >= 0.6 is 0 Å². The topological polar surface area (TPSA) is 78.7 Å². The van der Waals surface area contributed by atoms with Gasteiger partial charge in [-0.3, -0.25) is 0 Å². The van der Waals surface area contributed by atoms with Gasteiger partial charge >= 0.3 is 0 Å². The van der Waals surface area contributed by atoms with E-state index in [-0.39, 0.29) is 18.4 Å². The fourth-order valence-corrected chi connectivity index (χ4v) is 2.01. The maximum Gasteiger partial charge on any atom is 0.255 e. The Kier molecular flexibility index (Phi) is 3.93. The van der Waals surface area contributed by atoms with Gasteiger partial charge in [0, 0.05) is 25.6 Å². The Labute approximate surface area is 104 Å². The molecule has 2 atom stereocenters. The molecule has 0 aromatic carbocycles. The minimum atomic E-state index is -0.636. The fourth-order valence-electron chi connectivity index (χ4n) is 2.01. The maximum atomic E-state index is 13.2. The van der Waals surface area contributed by atoms with Crippen LogP contribution in [0.1, 0.15) is 6.42 Å². The molecule has 6 nitrogen and oxygen atoms in total.